The van der Waals surface area contributed by atoms with Gasteiger partial charge in [-0.15, -0.1) is 0 Å². The van der Waals surface area contributed by atoms with Crippen LogP contribution in [0.15, 0.2) is 35.9 Å². The smallest absolute Gasteiger partial charge is 0.331 e. The molecule has 0 aliphatic carbocycles. The highest BCUT2D eigenvalue weighted by Gasteiger charge is 2.06. The second-order valence-electron chi connectivity index (χ2n) is 3.85. The molecule has 0 aromatic heterocycles. The van der Waals surface area contributed by atoms with Gasteiger partial charge in [0, 0.05) is 11.6 Å². The van der Waals surface area contributed by atoms with E-state index >= 15 is 0 Å². The number of benzene rings is 1. The molecule has 0 saturated carbocycles. The average molecular weight is 246 g/mol. The molecule has 1 aromatic rings. The maximum atomic E-state index is 10.8. The number of hydrogen-bond donors (Lipinski definition) is 2. The van der Waals surface area contributed by atoms with Gasteiger partial charge in [0.25, 0.3) is 0 Å². The lowest BCUT2D eigenvalue weighted by molar-refractivity contribution is -0.133. The Balaban J connectivity index is 3.00. The van der Waals surface area contributed by atoms with Crippen molar-refractivity contribution in [3.63, 3.8) is 0 Å². The van der Waals surface area contributed by atoms with Gasteiger partial charge in [-0.25, -0.2) is 9.59 Å². The first-order valence-corrected chi connectivity index (χ1v) is 5.34. The van der Waals surface area contributed by atoms with Crippen LogP contribution in [0.3, 0.4) is 0 Å². The largest absolute Gasteiger partial charge is 0.478 e. The van der Waals surface area contributed by atoms with E-state index in [2.05, 4.69) is 0 Å². The third kappa shape index (κ3) is 3.59. The Hall–Kier alpha value is -2.36. The molecule has 0 heterocycles. The third-order valence-electron chi connectivity index (χ3n) is 2.65. The first-order chi connectivity index (χ1) is 8.41. The zero-order chi connectivity index (χ0) is 13.7. The van der Waals surface area contributed by atoms with Gasteiger partial charge >= 0.3 is 11.9 Å². The van der Waals surface area contributed by atoms with Gasteiger partial charge in [-0.05, 0) is 36.6 Å². The van der Waals surface area contributed by atoms with Gasteiger partial charge in [0.1, 0.15) is 0 Å². The first-order valence-electron chi connectivity index (χ1n) is 5.34. The average Bonchev–Trinajstić information content (AvgIpc) is 2.35. The van der Waals surface area contributed by atoms with Gasteiger partial charge in [-0.3, -0.25) is 0 Å². The fourth-order valence-corrected chi connectivity index (χ4v) is 1.39. The molecule has 1 aromatic carbocycles. The summed E-state index contributed by atoms with van der Waals surface area (Å²) in [6.45, 7) is 3.29. The van der Waals surface area contributed by atoms with Crippen molar-refractivity contribution in [1.29, 1.82) is 0 Å². The highest BCUT2D eigenvalue weighted by molar-refractivity contribution is 5.95. The van der Waals surface area contributed by atoms with Gasteiger partial charge in [-0.1, -0.05) is 24.3 Å². The van der Waals surface area contributed by atoms with Crippen LogP contribution in [0.1, 0.15) is 25.0 Å². The molecule has 0 atom stereocenters. The lowest BCUT2D eigenvalue weighted by Crippen LogP contribution is -1.99. The fourth-order valence-electron chi connectivity index (χ4n) is 1.39. The molecule has 2 N–H and O–H groups in total. The summed E-state index contributed by atoms with van der Waals surface area (Å²) in [6.07, 6.45) is 2.54. The minimum Gasteiger partial charge on any atom is -0.478 e. The molecule has 0 bridgehead atoms. The van der Waals surface area contributed by atoms with Crippen molar-refractivity contribution in [3.8, 4) is 0 Å². The predicted molar refractivity (Wildman–Crippen MR) is 69.0 cm³/mol. The Morgan fingerprint density at radius 3 is 2.06 bits per heavy atom. The highest BCUT2D eigenvalue weighted by Crippen LogP contribution is 2.19. The van der Waals surface area contributed by atoms with Crippen molar-refractivity contribution in [2.45, 2.75) is 13.8 Å². The Morgan fingerprint density at radius 2 is 1.61 bits per heavy atom. The Labute approximate surface area is 105 Å². The predicted octanol–water partition coefficient (Wildman–Crippen LogP) is 2.66. The van der Waals surface area contributed by atoms with E-state index in [4.69, 9.17) is 10.2 Å². The zero-order valence-corrected chi connectivity index (χ0v) is 10.2. The molecular weight excluding hydrogens is 232 g/mol. The van der Waals surface area contributed by atoms with Crippen LogP contribution in [-0.4, -0.2) is 22.2 Å². The van der Waals surface area contributed by atoms with Gasteiger partial charge in [0.05, 0.1) is 0 Å². The maximum absolute atomic E-state index is 10.8. The van der Waals surface area contributed by atoms with Crippen LogP contribution in [0.4, 0.5) is 0 Å². The summed E-state index contributed by atoms with van der Waals surface area (Å²) in [7, 11) is 0. The fraction of sp³-hybridized carbons (Fsp3) is 0.143. The van der Waals surface area contributed by atoms with Crippen molar-refractivity contribution in [2.75, 3.05) is 0 Å². The molecule has 4 heteroatoms. The summed E-state index contributed by atoms with van der Waals surface area (Å²) in [4.78, 5) is 21.2. The molecule has 94 valence electrons. The summed E-state index contributed by atoms with van der Waals surface area (Å²) >= 11 is 0. The minimum absolute atomic E-state index is 0.295. The number of carbonyl (C=O) groups is 2. The van der Waals surface area contributed by atoms with Crippen LogP contribution < -0.4 is 0 Å². The lowest BCUT2D eigenvalue weighted by Gasteiger charge is -2.05. The van der Waals surface area contributed by atoms with Crippen LogP contribution in [0.25, 0.3) is 11.6 Å². The second-order valence-corrected chi connectivity index (χ2v) is 3.85. The highest BCUT2D eigenvalue weighted by atomic mass is 16.4. The molecule has 0 aliphatic rings. The molecule has 4 nitrogen and oxygen atoms in total. The van der Waals surface area contributed by atoms with Crippen LogP contribution >= 0.6 is 0 Å². The quantitative estimate of drug-likeness (QED) is 0.801. The van der Waals surface area contributed by atoms with E-state index < -0.39 is 11.9 Å². The molecule has 0 unspecified atom stereocenters. The van der Waals surface area contributed by atoms with Crippen LogP contribution in [0.5, 0.6) is 0 Å². The molecule has 0 saturated heterocycles. The number of carboxylic acids is 2. The SMILES string of the molecule is CC(C(=O)O)=C(C)c1ccc(C=CC(=O)O)cc1. The van der Waals surface area contributed by atoms with Gasteiger partial charge in [-0.2, -0.15) is 0 Å². The van der Waals surface area contributed by atoms with Gasteiger partial charge in [0.15, 0.2) is 0 Å². The van der Waals surface area contributed by atoms with E-state index in [0.29, 0.717) is 11.1 Å². The van der Waals surface area contributed by atoms with Crippen molar-refractivity contribution in [1.82, 2.24) is 0 Å². The monoisotopic (exact) mass is 246 g/mol. The molecule has 0 spiro atoms. The number of allylic oxidation sites excluding steroid dienone is 1. The maximum Gasteiger partial charge on any atom is 0.331 e. The van der Waals surface area contributed by atoms with E-state index in [9.17, 15) is 9.59 Å². The number of hydrogen-bond acceptors (Lipinski definition) is 2. The first kappa shape index (κ1) is 13.7. The van der Waals surface area contributed by atoms with Gasteiger partial charge < -0.3 is 10.2 Å². The summed E-state index contributed by atoms with van der Waals surface area (Å²) < 4.78 is 0. The summed E-state index contributed by atoms with van der Waals surface area (Å²) in [5.41, 5.74) is 2.55. The minimum atomic E-state index is -1.00. The number of aliphatic carboxylic acids is 2. The normalized spacial score (nSPS) is 12.3. The van der Waals surface area contributed by atoms with E-state index in [1.165, 1.54) is 6.08 Å². The Bertz CT molecular complexity index is 521. The Morgan fingerprint density at radius 1 is 1.06 bits per heavy atom. The van der Waals surface area contributed by atoms with Crippen LogP contribution in [0, 0.1) is 0 Å². The van der Waals surface area contributed by atoms with E-state index in [1.807, 2.05) is 0 Å². The summed E-state index contributed by atoms with van der Waals surface area (Å²) in [6, 6.07) is 7.02. The summed E-state index contributed by atoms with van der Waals surface area (Å²) in [5, 5.41) is 17.4. The third-order valence-corrected chi connectivity index (χ3v) is 2.65. The molecule has 1 rings (SSSR count). The van der Waals surface area contributed by atoms with E-state index in [1.54, 1.807) is 38.1 Å². The number of rotatable bonds is 4. The zero-order valence-electron chi connectivity index (χ0n) is 10.2. The van der Waals surface area contributed by atoms with Crippen LogP contribution in [0.2, 0.25) is 0 Å². The van der Waals surface area contributed by atoms with E-state index in [0.717, 1.165) is 17.2 Å². The van der Waals surface area contributed by atoms with Crippen molar-refractivity contribution in [3.05, 3.63) is 47.0 Å². The standard InChI is InChI=1S/C14H14O4/c1-9(10(2)14(17)18)12-6-3-11(4-7-12)5-8-13(15)16/h3-8H,1-2H3,(H,15,16)(H,17,18). The molecule has 0 aliphatic heterocycles. The lowest BCUT2D eigenvalue weighted by atomic mass is 10.0. The number of carboxylic acid groups (broad SMARTS) is 2. The molecule has 18 heavy (non-hydrogen) atoms. The van der Waals surface area contributed by atoms with Crippen molar-refractivity contribution in [2.24, 2.45) is 0 Å². The molecule has 0 fully saturated rings. The van der Waals surface area contributed by atoms with Crippen LogP contribution in [-0.2, 0) is 9.59 Å². The second kappa shape index (κ2) is 5.82. The summed E-state index contributed by atoms with van der Waals surface area (Å²) in [5.74, 6) is -1.95. The Kier molecular flexibility index (Phi) is 4.43. The topological polar surface area (TPSA) is 74.6 Å². The van der Waals surface area contributed by atoms with E-state index in [-0.39, 0.29) is 0 Å². The van der Waals surface area contributed by atoms with Gasteiger partial charge in [0.2, 0.25) is 0 Å². The van der Waals surface area contributed by atoms with Crippen molar-refractivity contribution < 1.29 is 19.8 Å². The molecule has 0 amide bonds. The van der Waals surface area contributed by atoms with Crippen molar-refractivity contribution >= 4 is 23.6 Å². The molecule has 0 radical (unpaired) electrons. The molecular formula is C14H14O4.